The van der Waals surface area contributed by atoms with E-state index in [1.807, 2.05) is 36.5 Å². The molecule has 2 aromatic rings. The van der Waals surface area contributed by atoms with Crippen LogP contribution in [0.3, 0.4) is 0 Å². The van der Waals surface area contributed by atoms with Gasteiger partial charge in [0.1, 0.15) is 0 Å². The van der Waals surface area contributed by atoms with Crippen LogP contribution in [0.5, 0.6) is 0 Å². The van der Waals surface area contributed by atoms with Gasteiger partial charge in [0.15, 0.2) is 0 Å². The summed E-state index contributed by atoms with van der Waals surface area (Å²) in [6, 6.07) is 16.3. The molecule has 2 N–H and O–H groups in total. The standard InChI is InChI=1S/C20H21N3O/c24-20(17-13-21-12-16(17)14-6-2-1-3-7-14)23-18-10-4-8-15-9-5-11-22-19(15)18/h1-4,6-8,10-11,16-17,21H,5,9,12-13H2,(H,23,24). The van der Waals surface area contributed by atoms with Gasteiger partial charge in [-0.05, 0) is 30.0 Å². The van der Waals surface area contributed by atoms with Crippen LogP contribution >= 0.6 is 0 Å². The van der Waals surface area contributed by atoms with E-state index in [1.165, 1.54) is 11.1 Å². The Morgan fingerprint density at radius 1 is 1.08 bits per heavy atom. The van der Waals surface area contributed by atoms with E-state index in [-0.39, 0.29) is 17.7 Å². The van der Waals surface area contributed by atoms with Crippen LogP contribution < -0.4 is 10.6 Å². The Balaban J connectivity index is 1.56. The predicted octanol–water partition coefficient (Wildman–Crippen LogP) is 3.28. The van der Waals surface area contributed by atoms with Crippen LogP contribution in [0.4, 0.5) is 11.4 Å². The molecule has 0 saturated carbocycles. The van der Waals surface area contributed by atoms with E-state index in [2.05, 4.69) is 33.8 Å². The zero-order valence-electron chi connectivity index (χ0n) is 13.5. The first-order valence-corrected chi connectivity index (χ1v) is 8.54. The smallest absolute Gasteiger partial charge is 0.229 e. The third-order valence-corrected chi connectivity index (χ3v) is 4.92. The summed E-state index contributed by atoms with van der Waals surface area (Å²) in [5.41, 5.74) is 4.17. The lowest BCUT2D eigenvalue weighted by Crippen LogP contribution is -2.28. The van der Waals surface area contributed by atoms with Crippen molar-refractivity contribution in [1.29, 1.82) is 0 Å². The molecular weight excluding hydrogens is 298 g/mol. The SMILES string of the molecule is O=C(Nc1cccc2c1N=CCC2)C1CNCC1c1ccccc1. The quantitative estimate of drug-likeness (QED) is 0.912. The van der Waals surface area contributed by atoms with E-state index in [9.17, 15) is 4.79 Å². The molecular formula is C20H21N3O. The Bertz CT molecular complexity index is 770. The minimum absolute atomic E-state index is 0.0594. The largest absolute Gasteiger partial charge is 0.324 e. The van der Waals surface area contributed by atoms with E-state index in [4.69, 9.17) is 0 Å². The lowest BCUT2D eigenvalue weighted by atomic mass is 9.88. The molecule has 4 nitrogen and oxygen atoms in total. The molecule has 2 unspecified atom stereocenters. The molecule has 1 fully saturated rings. The first-order valence-electron chi connectivity index (χ1n) is 8.54. The number of nitrogens with one attached hydrogen (secondary N) is 2. The molecule has 0 aromatic heterocycles. The third kappa shape index (κ3) is 2.85. The van der Waals surface area contributed by atoms with Gasteiger partial charge in [0.25, 0.3) is 0 Å². The maximum absolute atomic E-state index is 12.9. The summed E-state index contributed by atoms with van der Waals surface area (Å²) >= 11 is 0. The van der Waals surface area contributed by atoms with Gasteiger partial charge in [0, 0.05) is 25.2 Å². The molecule has 24 heavy (non-hydrogen) atoms. The van der Waals surface area contributed by atoms with Crippen LogP contribution in [-0.4, -0.2) is 25.2 Å². The van der Waals surface area contributed by atoms with Crippen molar-refractivity contribution >= 4 is 23.5 Å². The van der Waals surface area contributed by atoms with Gasteiger partial charge in [-0.2, -0.15) is 0 Å². The number of anilines is 1. The van der Waals surface area contributed by atoms with Gasteiger partial charge in [0.05, 0.1) is 17.3 Å². The summed E-state index contributed by atoms with van der Waals surface area (Å²) in [6.07, 6.45) is 3.88. The number of fused-ring (bicyclic) bond motifs is 1. The average molecular weight is 319 g/mol. The van der Waals surface area contributed by atoms with Crippen LogP contribution in [0.2, 0.25) is 0 Å². The molecule has 2 heterocycles. The van der Waals surface area contributed by atoms with Crippen molar-refractivity contribution in [3.8, 4) is 0 Å². The molecule has 2 aliphatic heterocycles. The van der Waals surface area contributed by atoms with Crippen LogP contribution in [0.1, 0.15) is 23.5 Å². The van der Waals surface area contributed by atoms with Gasteiger partial charge in [-0.15, -0.1) is 0 Å². The molecule has 2 aromatic carbocycles. The van der Waals surface area contributed by atoms with Gasteiger partial charge in [-0.25, -0.2) is 0 Å². The second kappa shape index (κ2) is 6.57. The highest BCUT2D eigenvalue weighted by atomic mass is 16.2. The van der Waals surface area contributed by atoms with Crippen molar-refractivity contribution in [2.75, 3.05) is 18.4 Å². The van der Waals surface area contributed by atoms with Crippen molar-refractivity contribution < 1.29 is 4.79 Å². The number of hydrogen-bond acceptors (Lipinski definition) is 3. The molecule has 0 spiro atoms. The molecule has 1 saturated heterocycles. The first-order chi connectivity index (χ1) is 11.8. The summed E-state index contributed by atoms with van der Waals surface area (Å²) in [5.74, 6) is 0.230. The highest BCUT2D eigenvalue weighted by molar-refractivity contribution is 5.97. The summed E-state index contributed by atoms with van der Waals surface area (Å²) in [7, 11) is 0. The fraction of sp³-hybridized carbons (Fsp3) is 0.300. The zero-order valence-corrected chi connectivity index (χ0v) is 13.5. The van der Waals surface area contributed by atoms with Crippen LogP contribution in [0.15, 0.2) is 53.5 Å². The zero-order chi connectivity index (χ0) is 16.4. The lowest BCUT2D eigenvalue weighted by Gasteiger charge is -2.20. The second-order valence-electron chi connectivity index (χ2n) is 6.43. The average Bonchev–Trinajstić information content (AvgIpc) is 3.13. The van der Waals surface area contributed by atoms with Gasteiger partial charge in [0.2, 0.25) is 5.91 Å². The van der Waals surface area contributed by atoms with E-state index < -0.39 is 0 Å². The molecule has 0 radical (unpaired) electrons. The Kier molecular flexibility index (Phi) is 4.13. The Morgan fingerprint density at radius 2 is 1.96 bits per heavy atom. The summed E-state index contributed by atoms with van der Waals surface area (Å²) < 4.78 is 0. The van der Waals surface area contributed by atoms with Gasteiger partial charge in [-0.1, -0.05) is 42.5 Å². The maximum Gasteiger partial charge on any atom is 0.229 e. The Morgan fingerprint density at radius 3 is 2.83 bits per heavy atom. The fourth-order valence-electron chi connectivity index (χ4n) is 3.65. The molecule has 2 aliphatic rings. The van der Waals surface area contributed by atoms with E-state index in [0.29, 0.717) is 6.54 Å². The molecule has 0 aliphatic carbocycles. The number of aryl methyl sites for hydroxylation is 1. The van der Waals surface area contributed by atoms with E-state index >= 15 is 0 Å². The van der Waals surface area contributed by atoms with Crippen molar-refractivity contribution in [1.82, 2.24) is 5.32 Å². The number of aliphatic imine (C=N–C) groups is 1. The summed E-state index contributed by atoms with van der Waals surface area (Å²) in [5, 5.41) is 6.48. The lowest BCUT2D eigenvalue weighted by molar-refractivity contribution is -0.119. The van der Waals surface area contributed by atoms with Crippen LogP contribution in [0, 0.1) is 5.92 Å². The molecule has 1 amide bonds. The van der Waals surface area contributed by atoms with Crippen LogP contribution in [-0.2, 0) is 11.2 Å². The Labute approximate surface area is 142 Å². The topological polar surface area (TPSA) is 53.5 Å². The van der Waals surface area contributed by atoms with Crippen molar-refractivity contribution in [3.05, 3.63) is 59.7 Å². The fourth-order valence-corrected chi connectivity index (χ4v) is 3.65. The van der Waals surface area contributed by atoms with Crippen molar-refractivity contribution in [2.45, 2.75) is 18.8 Å². The minimum atomic E-state index is -0.0594. The van der Waals surface area contributed by atoms with E-state index in [0.717, 1.165) is 30.8 Å². The first kappa shape index (κ1) is 15.1. The van der Waals surface area contributed by atoms with Crippen molar-refractivity contribution in [2.24, 2.45) is 10.9 Å². The number of amides is 1. The van der Waals surface area contributed by atoms with Gasteiger partial charge >= 0.3 is 0 Å². The maximum atomic E-state index is 12.9. The van der Waals surface area contributed by atoms with Gasteiger partial charge in [-0.3, -0.25) is 9.79 Å². The Hall–Kier alpha value is -2.46. The highest BCUT2D eigenvalue weighted by Gasteiger charge is 2.34. The molecule has 4 heteroatoms. The number of rotatable bonds is 3. The summed E-state index contributed by atoms with van der Waals surface area (Å²) in [4.78, 5) is 17.4. The number of benzene rings is 2. The second-order valence-corrected chi connectivity index (χ2v) is 6.43. The van der Waals surface area contributed by atoms with Crippen molar-refractivity contribution in [3.63, 3.8) is 0 Å². The van der Waals surface area contributed by atoms with Crippen LogP contribution in [0.25, 0.3) is 0 Å². The monoisotopic (exact) mass is 319 g/mol. The minimum Gasteiger partial charge on any atom is -0.324 e. The molecule has 0 bridgehead atoms. The number of nitrogens with zero attached hydrogens (tertiary/aromatic N) is 1. The molecule has 4 rings (SSSR count). The van der Waals surface area contributed by atoms with Gasteiger partial charge < -0.3 is 10.6 Å². The molecule has 2 atom stereocenters. The number of carbonyl (C=O) groups excluding carboxylic acids is 1. The third-order valence-electron chi connectivity index (χ3n) is 4.92. The molecule has 122 valence electrons. The number of hydrogen-bond donors (Lipinski definition) is 2. The summed E-state index contributed by atoms with van der Waals surface area (Å²) in [6.45, 7) is 1.55. The van der Waals surface area contributed by atoms with E-state index in [1.54, 1.807) is 0 Å². The number of para-hydroxylation sites is 1. The highest BCUT2D eigenvalue weighted by Crippen LogP contribution is 2.34. The normalized spacial score (nSPS) is 22.2. The predicted molar refractivity (Wildman–Crippen MR) is 97.1 cm³/mol. The number of carbonyl (C=O) groups is 1.